The van der Waals surface area contributed by atoms with Crippen molar-refractivity contribution in [3.05, 3.63) is 71.4 Å². The highest BCUT2D eigenvalue weighted by atomic mass is 16.5. The Bertz CT molecular complexity index is 1040. The van der Waals surface area contributed by atoms with E-state index >= 15 is 0 Å². The van der Waals surface area contributed by atoms with E-state index in [4.69, 9.17) is 13.9 Å². The average molecular weight is 404 g/mol. The number of carbonyl (C=O) groups excluding carboxylic acids is 1. The van der Waals surface area contributed by atoms with Crippen molar-refractivity contribution >= 4 is 5.91 Å². The van der Waals surface area contributed by atoms with Crippen LogP contribution in [0.1, 0.15) is 52.9 Å². The first-order valence-corrected chi connectivity index (χ1v) is 10.4. The highest BCUT2D eigenvalue weighted by molar-refractivity contribution is 5.94. The van der Waals surface area contributed by atoms with Gasteiger partial charge >= 0.3 is 0 Å². The highest BCUT2D eigenvalue weighted by Crippen LogP contribution is 2.37. The molecule has 5 rings (SSSR count). The Morgan fingerprint density at radius 1 is 1.03 bits per heavy atom. The van der Waals surface area contributed by atoms with Crippen LogP contribution in [0.3, 0.4) is 0 Å². The zero-order valence-electron chi connectivity index (χ0n) is 17.0. The maximum atomic E-state index is 13.0. The number of benzene rings is 2. The Morgan fingerprint density at radius 3 is 2.33 bits per heavy atom. The Labute approximate surface area is 175 Å². The summed E-state index contributed by atoms with van der Waals surface area (Å²) < 4.78 is 17.0. The summed E-state index contributed by atoms with van der Waals surface area (Å²) in [5.41, 5.74) is 1.55. The predicted molar refractivity (Wildman–Crippen MR) is 111 cm³/mol. The SMILES string of the molecule is COc1ccc(Oc2ccc(C(=O)N3CCc4oc(C5CCC5)nc4C3)cc2)cc1. The number of rotatable bonds is 5. The van der Waals surface area contributed by atoms with E-state index in [-0.39, 0.29) is 5.91 Å². The summed E-state index contributed by atoms with van der Waals surface area (Å²) in [6, 6.07) is 14.6. The molecule has 2 aliphatic rings. The number of amides is 1. The van der Waals surface area contributed by atoms with Gasteiger partial charge in [-0.2, -0.15) is 0 Å². The zero-order chi connectivity index (χ0) is 20.5. The molecule has 0 N–H and O–H groups in total. The van der Waals surface area contributed by atoms with E-state index in [0.717, 1.165) is 42.4 Å². The van der Waals surface area contributed by atoms with Crippen LogP contribution in [0, 0.1) is 0 Å². The Morgan fingerprint density at radius 2 is 1.70 bits per heavy atom. The molecule has 2 heterocycles. The molecule has 1 aliphatic carbocycles. The van der Waals surface area contributed by atoms with E-state index in [9.17, 15) is 4.79 Å². The van der Waals surface area contributed by atoms with Crippen LogP contribution in [-0.4, -0.2) is 29.4 Å². The Hall–Kier alpha value is -3.28. The van der Waals surface area contributed by atoms with Gasteiger partial charge in [0.1, 0.15) is 28.7 Å². The number of fused-ring (bicyclic) bond motifs is 1. The standard InChI is InChI=1S/C24H24N2O4/c1-28-18-9-11-20(12-10-18)29-19-7-5-17(6-8-19)24(27)26-14-13-22-21(15-26)25-23(30-22)16-3-2-4-16/h5-12,16H,2-4,13-15H2,1H3. The summed E-state index contributed by atoms with van der Waals surface area (Å²) in [5, 5.41) is 0. The fourth-order valence-corrected chi connectivity index (χ4v) is 3.85. The molecule has 1 amide bonds. The van der Waals surface area contributed by atoms with Gasteiger partial charge in [-0.15, -0.1) is 0 Å². The summed E-state index contributed by atoms with van der Waals surface area (Å²) in [5.74, 6) is 4.46. The number of hydrogen-bond acceptors (Lipinski definition) is 5. The van der Waals surface area contributed by atoms with E-state index in [1.54, 1.807) is 19.2 Å². The fourth-order valence-electron chi connectivity index (χ4n) is 3.85. The van der Waals surface area contributed by atoms with Crippen LogP contribution in [0.5, 0.6) is 17.2 Å². The van der Waals surface area contributed by atoms with Gasteiger partial charge < -0.3 is 18.8 Å². The third-order valence-electron chi connectivity index (χ3n) is 5.88. The molecule has 6 heteroatoms. The minimum absolute atomic E-state index is 0.00448. The molecule has 1 fully saturated rings. The molecule has 30 heavy (non-hydrogen) atoms. The quantitative estimate of drug-likeness (QED) is 0.603. The van der Waals surface area contributed by atoms with Crippen LogP contribution in [0.25, 0.3) is 0 Å². The molecule has 3 aromatic rings. The smallest absolute Gasteiger partial charge is 0.254 e. The van der Waals surface area contributed by atoms with E-state index in [1.807, 2.05) is 41.3 Å². The molecule has 0 spiro atoms. The molecular formula is C24H24N2O4. The molecule has 1 aliphatic heterocycles. The van der Waals surface area contributed by atoms with Gasteiger partial charge in [0.25, 0.3) is 5.91 Å². The molecule has 0 radical (unpaired) electrons. The second kappa shape index (κ2) is 7.86. The molecule has 2 aromatic carbocycles. The van der Waals surface area contributed by atoms with E-state index < -0.39 is 0 Å². The Kier molecular flexibility index (Phi) is 4.91. The van der Waals surface area contributed by atoms with Crippen LogP contribution in [-0.2, 0) is 13.0 Å². The van der Waals surface area contributed by atoms with E-state index in [2.05, 4.69) is 4.98 Å². The van der Waals surface area contributed by atoms with Crippen molar-refractivity contribution in [1.29, 1.82) is 0 Å². The number of hydrogen-bond donors (Lipinski definition) is 0. The van der Waals surface area contributed by atoms with Gasteiger partial charge in [0.2, 0.25) is 0 Å². The molecule has 6 nitrogen and oxygen atoms in total. The minimum Gasteiger partial charge on any atom is -0.497 e. The number of aromatic nitrogens is 1. The molecule has 1 saturated carbocycles. The zero-order valence-corrected chi connectivity index (χ0v) is 17.0. The van der Waals surface area contributed by atoms with Crippen LogP contribution < -0.4 is 9.47 Å². The van der Waals surface area contributed by atoms with Gasteiger partial charge in [0.05, 0.1) is 13.7 Å². The van der Waals surface area contributed by atoms with Gasteiger partial charge in [-0.25, -0.2) is 4.98 Å². The van der Waals surface area contributed by atoms with Gasteiger partial charge in [0, 0.05) is 24.4 Å². The molecular weight excluding hydrogens is 380 g/mol. The number of nitrogens with zero attached hydrogens (tertiary/aromatic N) is 2. The van der Waals surface area contributed by atoms with Gasteiger partial charge in [-0.05, 0) is 61.4 Å². The fraction of sp³-hybridized carbons (Fsp3) is 0.333. The monoisotopic (exact) mass is 404 g/mol. The maximum Gasteiger partial charge on any atom is 0.254 e. The lowest BCUT2D eigenvalue weighted by Crippen LogP contribution is -2.35. The van der Waals surface area contributed by atoms with Crippen molar-refractivity contribution in [3.63, 3.8) is 0 Å². The van der Waals surface area contributed by atoms with Crippen molar-refractivity contribution in [3.8, 4) is 17.2 Å². The van der Waals surface area contributed by atoms with Gasteiger partial charge in [-0.3, -0.25) is 4.79 Å². The van der Waals surface area contributed by atoms with Crippen LogP contribution in [0.15, 0.2) is 52.9 Å². The first kappa shape index (κ1) is 18.7. The Balaban J connectivity index is 1.24. The lowest BCUT2D eigenvalue weighted by atomic mass is 9.85. The lowest BCUT2D eigenvalue weighted by Gasteiger charge is -2.25. The number of methoxy groups -OCH3 is 1. The summed E-state index contributed by atoms with van der Waals surface area (Å²) in [6.07, 6.45) is 4.29. The van der Waals surface area contributed by atoms with Crippen molar-refractivity contribution in [2.45, 2.75) is 38.1 Å². The molecule has 1 aromatic heterocycles. The second-order valence-electron chi connectivity index (χ2n) is 7.83. The summed E-state index contributed by atoms with van der Waals surface area (Å²) in [7, 11) is 1.63. The third kappa shape index (κ3) is 3.65. The molecule has 0 unspecified atom stereocenters. The van der Waals surface area contributed by atoms with Crippen molar-refractivity contribution in [2.24, 2.45) is 0 Å². The van der Waals surface area contributed by atoms with E-state index in [0.29, 0.717) is 36.1 Å². The van der Waals surface area contributed by atoms with Gasteiger partial charge in [0.15, 0.2) is 5.89 Å². The lowest BCUT2D eigenvalue weighted by molar-refractivity contribution is 0.0728. The highest BCUT2D eigenvalue weighted by Gasteiger charge is 2.30. The molecule has 0 atom stereocenters. The topological polar surface area (TPSA) is 64.8 Å². The first-order chi connectivity index (χ1) is 14.7. The summed E-state index contributed by atoms with van der Waals surface area (Å²) in [6.45, 7) is 1.16. The number of carbonyl (C=O) groups is 1. The predicted octanol–water partition coefficient (Wildman–Crippen LogP) is 4.94. The molecule has 0 bridgehead atoms. The number of oxazole rings is 1. The van der Waals surface area contributed by atoms with Gasteiger partial charge in [-0.1, -0.05) is 6.42 Å². The van der Waals surface area contributed by atoms with Crippen LogP contribution in [0.2, 0.25) is 0 Å². The van der Waals surface area contributed by atoms with Crippen LogP contribution >= 0.6 is 0 Å². The summed E-state index contributed by atoms with van der Waals surface area (Å²) >= 11 is 0. The normalized spacial score (nSPS) is 16.0. The van der Waals surface area contributed by atoms with Crippen molar-refractivity contribution in [2.75, 3.05) is 13.7 Å². The van der Waals surface area contributed by atoms with Crippen LogP contribution in [0.4, 0.5) is 0 Å². The van der Waals surface area contributed by atoms with Crippen molar-refractivity contribution in [1.82, 2.24) is 9.88 Å². The summed E-state index contributed by atoms with van der Waals surface area (Å²) in [4.78, 5) is 19.5. The minimum atomic E-state index is 0.00448. The number of ether oxygens (including phenoxy) is 2. The van der Waals surface area contributed by atoms with E-state index in [1.165, 1.54) is 6.42 Å². The first-order valence-electron chi connectivity index (χ1n) is 10.4. The van der Waals surface area contributed by atoms with Crippen molar-refractivity contribution < 1.29 is 18.7 Å². The average Bonchev–Trinajstić information content (AvgIpc) is 3.15. The largest absolute Gasteiger partial charge is 0.497 e. The second-order valence-corrected chi connectivity index (χ2v) is 7.83. The third-order valence-corrected chi connectivity index (χ3v) is 5.88. The molecule has 0 saturated heterocycles. The maximum absolute atomic E-state index is 13.0. The molecule has 154 valence electrons.